The maximum Gasteiger partial charge on any atom is 0.275 e. The molecule has 1 heterocycles. The van der Waals surface area contributed by atoms with Crippen LogP contribution in [0.5, 0.6) is 5.75 Å². The molecule has 0 radical (unpaired) electrons. The largest absolute Gasteiger partial charge is 0.484 e. The number of nitrogens with zero attached hydrogens (tertiary/aromatic N) is 1. The molecule has 0 aliphatic carbocycles. The zero-order valence-corrected chi connectivity index (χ0v) is 17.4. The summed E-state index contributed by atoms with van der Waals surface area (Å²) >= 11 is 1.45. The van der Waals surface area contributed by atoms with Gasteiger partial charge in [0.25, 0.3) is 11.8 Å². The number of hydrogen-bond acceptors (Lipinski definition) is 5. The minimum Gasteiger partial charge on any atom is -0.484 e. The van der Waals surface area contributed by atoms with E-state index in [0.717, 1.165) is 16.1 Å². The number of hydrogen-bond donors (Lipinski definition) is 2. The number of carbonyl (C=O) groups excluding carboxylic acids is 2. The number of thiazole rings is 1. The molecular formula is C22H23N3O3S. The molecule has 0 saturated carbocycles. The van der Waals surface area contributed by atoms with Crippen LogP contribution in [0.3, 0.4) is 0 Å². The Bertz CT molecular complexity index is 1010. The van der Waals surface area contributed by atoms with E-state index in [1.54, 1.807) is 29.6 Å². The molecule has 0 atom stereocenters. The summed E-state index contributed by atoms with van der Waals surface area (Å²) in [5, 5.41) is 8.07. The van der Waals surface area contributed by atoms with Gasteiger partial charge in [0, 0.05) is 23.2 Å². The monoisotopic (exact) mass is 409 g/mol. The van der Waals surface area contributed by atoms with E-state index in [1.807, 2.05) is 32.9 Å². The van der Waals surface area contributed by atoms with Crippen LogP contribution in [0, 0.1) is 13.8 Å². The van der Waals surface area contributed by atoms with Crippen LogP contribution in [0.4, 0.5) is 5.69 Å². The number of likely N-dealkylation sites (N-methyl/N-ethyl adjacent to an activating group) is 1. The van der Waals surface area contributed by atoms with Crippen LogP contribution >= 0.6 is 11.3 Å². The van der Waals surface area contributed by atoms with Gasteiger partial charge in [-0.05, 0) is 50.6 Å². The SMILES string of the molecule is CCNC(=O)COc1ccc(NC(=O)c2csc(-c3ccc(C)cc3C)n2)cc1. The minimum absolute atomic E-state index is 0.0421. The van der Waals surface area contributed by atoms with Gasteiger partial charge in [-0.1, -0.05) is 23.8 Å². The average Bonchev–Trinajstić information content (AvgIpc) is 3.18. The number of nitrogens with one attached hydrogen (secondary N) is 2. The molecule has 0 bridgehead atoms. The highest BCUT2D eigenvalue weighted by Crippen LogP contribution is 2.28. The maximum atomic E-state index is 12.5. The highest BCUT2D eigenvalue weighted by atomic mass is 32.1. The van der Waals surface area contributed by atoms with Crippen molar-refractivity contribution in [3.63, 3.8) is 0 Å². The molecule has 1 aromatic heterocycles. The van der Waals surface area contributed by atoms with Gasteiger partial charge >= 0.3 is 0 Å². The van der Waals surface area contributed by atoms with Crippen LogP contribution in [0.25, 0.3) is 10.6 Å². The molecule has 150 valence electrons. The minimum atomic E-state index is -0.270. The number of ether oxygens (including phenoxy) is 1. The zero-order valence-electron chi connectivity index (χ0n) is 16.6. The van der Waals surface area contributed by atoms with E-state index in [2.05, 4.69) is 21.7 Å². The van der Waals surface area contributed by atoms with E-state index in [1.165, 1.54) is 16.9 Å². The first-order chi connectivity index (χ1) is 14.0. The lowest BCUT2D eigenvalue weighted by Crippen LogP contribution is -2.28. The first kappa shape index (κ1) is 20.5. The third kappa shape index (κ3) is 5.42. The summed E-state index contributed by atoms with van der Waals surface area (Å²) in [6, 6.07) is 13.0. The summed E-state index contributed by atoms with van der Waals surface area (Å²) in [6.45, 7) is 6.46. The predicted octanol–water partition coefficient (Wildman–Crippen LogP) is 4.19. The lowest BCUT2D eigenvalue weighted by Gasteiger charge is -2.08. The summed E-state index contributed by atoms with van der Waals surface area (Å²) in [6.07, 6.45) is 0. The van der Waals surface area contributed by atoms with E-state index in [9.17, 15) is 9.59 Å². The molecule has 0 spiro atoms. The summed E-state index contributed by atoms with van der Waals surface area (Å²) in [5.41, 5.74) is 4.37. The van der Waals surface area contributed by atoms with E-state index >= 15 is 0 Å². The lowest BCUT2D eigenvalue weighted by molar-refractivity contribution is -0.122. The fraction of sp³-hybridized carbons (Fsp3) is 0.227. The van der Waals surface area contributed by atoms with Crippen LogP contribution in [-0.2, 0) is 4.79 Å². The highest BCUT2D eigenvalue weighted by molar-refractivity contribution is 7.13. The van der Waals surface area contributed by atoms with E-state index < -0.39 is 0 Å². The number of anilines is 1. The average molecular weight is 410 g/mol. The van der Waals surface area contributed by atoms with Crippen molar-refractivity contribution < 1.29 is 14.3 Å². The Kier molecular flexibility index (Phi) is 6.61. The molecule has 2 N–H and O–H groups in total. The van der Waals surface area contributed by atoms with Gasteiger partial charge in [-0.3, -0.25) is 9.59 Å². The topological polar surface area (TPSA) is 80.3 Å². The third-order valence-electron chi connectivity index (χ3n) is 4.21. The smallest absolute Gasteiger partial charge is 0.275 e. The molecule has 2 amide bonds. The predicted molar refractivity (Wildman–Crippen MR) is 116 cm³/mol. The van der Waals surface area contributed by atoms with Gasteiger partial charge in [-0.2, -0.15) is 0 Å². The fourth-order valence-corrected chi connectivity index (χ4v) is 3.67. The molecule has 29 heavy (non-hydrogen) atoms. The Hall–Kier alpha value is -3.19. The van der Waals surface area contributed by atoms with Gasteiger partial charge < -0.3 is 15.4 Å². The fourth-order valence-electron chi connectivity index (χ4n) is 2.78. The van der Waals surface area contributed by atoms with Crippen molar-refractivity contribution in [1.29, 1.82) is 0 Å². The van der Waals surface area contributed by atoms with Gasteiger partial charge in [0.05, 0.1) is 0 Å². The van der Waals surface area contributed by atoms with Crippen LogP contribution in [0.2, 0.25) is 0 Å². The number of rotatable bonds is 7. The Morgan fingerprint density at radius 2 is 1.86 bits per heavy atom. The van der Waals surface area contributed by atoms with Crippen molar-refractivity contribution in [3.05, 3.63) is 64.7 Å². The number of aromatic nitrogens is 1. The Labute approximate surface area is 173 Å². The quantitative estimate of drug-likeness (QED) is 0.613. The maximum absolute atomic E-state index is 12.5. The summed E-state index contributed by atoms with van der Waals surface area (Å²) in [7, 11) is 0. The van der Waals surface area contributed by atoms with Gasteiger partial charge in [0.15, 0.2) is 6.61 Å². The normalized spacial score (nSPS) is 10.4. The van der Waals surface area contributed by atoms with Crippen LogP contribution < -0.4 is 15.4 Å². The first-order valence-electron chi connectivity index (χ1n) is 9.30. The molecule has 0 unspecified atom stereocenters. The second kappa shape index (κ2) is 9.34. The first-order valence-corrected chi connectivity index (χ1v) is 10.2. The molecule has 7 heteroatoms. The third-order valence-corrected chi connectivity index (χ3v) is 5.08. The molecule has 2 aromatic carbocycles. The Morgan fingerprint density at radius 1 is 1.10 bits per heavy atom. The molecule has 6 nitrogen and oxygen atoms in total. The number of aryl methyl sites for hydroxylation is 2. The Balaban J connectivity index is 1.62. The van der Waals surface area contributed by atoms with Gasteiger partial charge in [-0.25, -0.2) is 4.98 Å². The molecule has 3 rings (SSSR count). The molecule has 0 fully saturated rings. The number of carbonyl (C=O) groups is 2. The number of amides is 2. The van der Waals surface area contributed by atoms with E-state index in [0.29, 0.717) is 23.7 Å². The standard InChI is InChI=1S/C22H23N3O3S/c1-4-23-20(26)12-28-17-8-6-16(7-9-17)24-21(27)19-13-29-22(25-19)18-10-5-14(2)11-15(18)3/h5-11,13H,4,12H2,1-3H3,(H,23,26)(H,24,27). The van der Waals surface area contributed by atoms with Crippen molar-refractivity contribution in [1.82, 2.24) is 10.3 Å². The summed E-state index contributed by atoms with van der Waals surface area (Å²) < 4.78 is 5.40. The van der Waals surface area contributed by atoms with Crippen LogP contribution in [0.15, 0.2) is 47.8 Å². The van der Waals surface area contributed by atoms with Crippen molar-refractivity contribution in [2.45, 2.75) is 20.8 Å². The van der Waals surface area contributed by atoms with Crippen molar-refractivity contribution >= 4 is 28.8 Å². The van der Waals surface area contributed by atoms with Gasteiger partial charge in [-0.15, -0.1) is 11.3 Å². The van der Waals surface area contributed by atoms with Crippen LogP contribution in [0.1, 0.15) is 28.5 Å². The van der Waals surface area contributed by atoms with Crippen LogP contribution in [-0.4, -0.2) is 29.9 Å². The molecule has 0 saturated heterocycles. The highest BCUT2D eigenvalue weighted by Gasteiger charge is 2.13. The van der Waals surface area contributed by atoms with E-state index in [4.69, 9.17) is 4.74 Å². The summed E-state index contributed by atoms with van der Waals surface area (Å²) in [5.74, 6) is 0.112. The molecule has 0 aliphatic rings. The van der Waals surface area contributed by atoms with Gasteiger partial charge in [0.1, 0.15) is 16.5 Å². The van der Waals surface area contributed by atoms with Crippen molar-refractivity contribution in [3.8, 4) is 16.3 Å². The van der Waals surface area contributed by atoms with E-state index in [-0.39, 0.29) is 18.4 Å². The second-order valence-electron chi connectivity index (χ2n) is 6.58. The molecular weight excluding hydrogens is 386 g/mol. The van der Waals surface area contributed by atoms with Crippen molar-refractivity contribution in [2.75, 3.05) is 18.5 Å². The van der Waals surface area contributed by atoms with Gasteiger partial charge in [0.2, 0.25) is 0 Å². The lowest BCUT2D eigenvalue weighted by atomic mass is 10.1. The molecule has 3 aromatic rings. The summed E-state index contributed by atoms with van der Waals surface area (Å²) in [4.78, 5) is 28.4. The number of benzene rings is 2. The second-order valence-corrected chi connectivity index (χ2v) is 7.44. The Morgan fingerprint density at radius 3 is 2.55 bits per heavy atom. The van der Waals surface area contributed by atoms with Crippen molar-refractivity contribution in [2.24, 2.45) is 0 Å². The zero-order chi connectivity index (χ0) is 20.8. The molecule has 0 aliphatic heterocycles.